The molecule has 0 radical (unpaired) electrons. The first-order valence-corrected chi connectivity index (χ1v) is 8.80. The van der Waals surface area contributed by atoms with Crippen LogP contribution in [0.25, 0.3) is 0 Å². The van der Waals surface area contributed by atoms with Gasteiger partial charge in [0.2, 0.25) is 5.91 Å². The molecule has 1 N–H and O–H groups in total. The zero-order valence-corrected chi connectivity index (χ0v) is 13.9. The molecule has 3 rings (SSSR count). The molecule has 1 aromatic rings. The van der Waals surface area contributed by atoms with E-state index in [0.29, 0.717) is 32.1 Å². The van der Waals surface area contributed by atoms with Gasteiger partial charge in [-0.1, -0.05) is 30.3 Å². The Kier molecular flexibility index (Phi) is 5.20. The highest BCUT2D eigenvalue weighted by Gasteiger charge is 2.41. The van der Waals surface area contributed by atoms with Crippen molar-refractivity contribution in [3.63, 3.8) is 0 Å². The standard InChI is InChI=1S/C16H21N3O3S/c1-12(20)19-14(15(21)17-18-7-9-22-10-8-18)11-23-16(19)13-5-3-2-4-6-13/h2-6,14,16H,7-11H2,1H3,(H,17,21)/t14-,16+/m0/s1. The van der Waals surface area contributed by atoms with Crippen LogP contribution in [0.2, 0.25) is 0 Å². The van der Waals surface area contributed by atoms with Gasteiger partial charge < -0.3 is 9.64 Å². The number of morpholine rings is 1. The maximum atomic E-state index is 12.6. The van der Waals surface area contributed by atoms with Crippen LogP contribution in [0.15, 0.2) is 30.3 Å². The van der Waals surface area contributed by atoms with Crippen molar-refractivity contribution in [1.29, 1.82) is 0 Å². The van der Waals surface area contributed by atoms with Crippen LogP contribution in [0.5, 0.6) is 0 Å². The normalized spacial score (nSPS) is 25.3. The molecule has 2 amide bonds. The summed E-state index contributed by atoms with van der Waals surface area (Å²) in [6.07, 6.45) is 0. The fourth-order valence-corrected chi connectivity index (χ4v) is 4.36. The number of carbonyl (C=O) groups is 2. The van der Waals surface area contributed by atoms with E-state index in [4.69, 9.17) is 4.74 Å². The highest BCUT2D eigenvalue weighted by molar-refractivity contribution is 7.99. The van der Waals surface area contributed by atoms with Crippen LogP contribution in [0.1, 0.15) is 17.9 Å². The van der Waals surface area contributed by atoms with Gasteiger partial charge in [0.05, 0.1) is 13.2 Å². The minimum absolute atomic E-state index is 0.0778. The Morgan fingerprint density at radius 1 is 1.22 bits per heavy atom. The van der Waals surface area contributed by atoms with Crippen molar-refractivity contribution < 1.29 is 14.3 Å². The van der Waals surface area contributed by atoms with Gasteiger partial charge in [0.15, 0.2) is 0 Å². The summed E-state index contributed by atoms with van der Waals surface area (Å²) in [6, 6.07) is 9.41. The number of rotatable bonds is 3. The Labute approximate surface area is 140 Å². The number of nitrogens with zero attached hydrogens (tertiary/aromatic N) is 2. The van der Waals surface area contributed by atoms with Crippen LogP contribution in [0, 0.1) is 0 Å². The summed E-state index contributed by atoms with van der Waals surface area (Å²) in [5.41, 5.74) is 3.98. The van der Waals surface area contributed by atoms with Gasteiger partial charge in [-0.05, 0) is 5.56 Å². The number of carbonyl (C=O) groups excluding carboxylic acids is 2. The van der Waals surface area contributed by atoms with Crippen LogP contribution in [0.3, 0.4) is 0 Å². The third kappa shape index (κ3) is 3.68. The quantitative estimate of drug-likeness (QED) is 0.893. The number of nitrogens with one attached hydrogen (secondary N) is 1. The van der Waals surface area contributed by atoms with Gasteiger partial charge in [-0.2, -0.15) is 0 Å². The molecule has 0 spiro atoms. The van der Waals surface area contributed by atoms with Crippen molar-refractivity contribution in [2.75, 3.05) is 32.1 Å². The highest BCUT2D eigenvalue weighted by atomic mass is 32.2. The molecule has 0 saturated carbocycles. The van der Waals surface area contributed by atoms with Gasteiger partial charge in [-0.25, -0.2) is 5.01 Å². The van der Waals surface area contributed by atoms with E-state index in [9.17, 15) is 9.59 Å². The fraction of sp³-hybridized carbons (Fsp3) is 0.500. The number of thioether (sulfide) groups is 1. The second-order valence-electron chi connectivity index (χ2n) is 5.61. The molecule has 2 aliphatic rings. The molecule has 23 heavy (non-hydrogen) atoms. The lowest BCUT2D eigenvalue weighted by Crippen LogP contribution is -2.55. The Morgan fingerprint density at radius 3 is 2.57 bits per heavy atom. The Hall–Kier alpha value is -1.57. The van der Waals surface area contributed by atoms with E-state index in [1.807, 2.05) is 35.3 Å². The SMILES string of the molecule is CC(=O)N1[C@@H](c2ccccc2)SC[C@H]1C(=O)NN1CCOCC1. The lowest BCUT2D eigenvalue weighted by Gasteiger charge is -2.31. The Bertz CT molecular complexity index is 563. The van der Waals surface area contributed by atoms with Gasteiger partial charge in [-0.3, -0.25) is 15.0 Å². The molecule has 0 unspecified atom stereocenters. The van der Waals surface area contributed by atoms with Gasteiger partial charge >= 0.3 is 0 Å². The first-order valence-electron chi connectivity index (χ1n) is 7.75. The van der Waals surface area contributed by atoms with Crippen molar-refractivity contribution in [3.05, 3.63) is 35.9 Å². The second kappa shape index (κ2) is 7.33. The summed E-state index contributed by atoms with van der Waals surface area (Å²) in [4.78, 5) is 26.4. The topological polar surface area (TPSA) is 61.9 Å². The molecule has 0 aromatic heterocycles. The minimum Gasteiger partial charge on any atom is -0.379 e. The molecule has 6 nitrogen and oxygen atoms in total. The smallest absolute Gasteiger partial charge is 0.257 e. The molecule has 2 heterocycles. The predicted octanol–water partition coefficient (Wildman–Crippen LogP) is 1.01. The molecule has 124 valence electrons. The lowest BCUT2D eigenvalue weighted by molar-refractivity contribution is -0.141. The summed E-state index contributed by atoms with van der Waals surface area (Å²) in [7, 11) is 0. The van der Waals surface area contributed by atoms with Crippen LogP contribution >= 0.6 is 11.8 Å². The maximum absolute atomic E-state index is 12.6. The molecule has 2 fully saturated rings. The summed E-state index contributed by atoms with van der Waals surface area (Å²) >= 11 is 1.63. The van der Waals surface area contributed by atoms with Gasteiger partial charge in [-0.15, -0.1) is 11.8 Å². The van der Waals surface area contributed by atoms with Crippen LogP contribution in [0.4, 0.5) is 0 Å². The average molecular weight is 335 g/mol. The van der Waals surface area contributed by atoms with E-state index >= 15 is 0 Å². The molecular formula is C16H21N3O3S. The van der Waals surface area contributed by atoms with Crippen molar-refractivity contribution in [3.8, 4) is 0 Å². The molecule has 0 aliphatic carbocycles. The fourth-order valence-electron chi connectivity index (χ4n) is 2.87. The second-order valence-corrected chi connectivity index (χ2v) is 6.73. The molecule has 0 bridgehead atoms. The molecule has 7 heteroatoms. The summed E-state index contributed by atoms with van der Waals surface area (Å²) in [6.45, 7) is 4.10. The maximum Gasteiger partial charge on any atom is 0.257 e. The molecule has 1 aromatic carbocycles. The zero-order valence-electron chi connectivity index (χ0n) is 13.1. The molecule has 2 saturated heterocycles. The summed E-state index contributed by atoms with van der Waals surface area (Å²) in [5.74, 6) is 0.411. The van der Waals surface area contributed by atoms with Crippen molar-refractivity contribution in [2.24, 2.45) is 0 Å². The average Bonchev–Trinajstić information content (AvgIpc) is 3.02. The van der Waals surface area contributed by atoms with E-state index in [0.717, 1.165) is 5.56 Å². The number of benzene rings is 1. The molecule has 2 atom stereocenters. The van der Waals surface area contributed by atoms with Gasteiger partial charge in [0.1, 0.15) is 11.4 Å². The predicted molar refractivity (Wildman–Crippen MR) is 88.5 cm³/mol. The van der Waals surface area contributed by atoms with Crippen molar-refractivity contribution in [2.45, 2.75) is 18.3 Å². The molecular weight excluding hydrogens is 314 g/mol. The third-order valence-corrected chi connectivity index (χ3v) is 5.35. The zero-order chi connectivity index (χ0) is 16.2. The minimum atomic E-state index is -0.439. The number of hydrogen-bond donors (Lipinski definition) is 1. The van der Waals surface area contributed by atoms with E-state index < -0.39 is 6.04 Å². The summed E-state index contributed by atoms with van der Waals surface area (Å²) in [5, 5.41) is 1.76. The number of amides is 2. The van der Waals surface area contributed by atoms with E-state index in [2.05, 4.69) is 5.43 Å². The van der Waals surface area contributed by atoms with E-state index in [-0.39, 0.29) is 17.2 Å². The largest absolute Gasteiger partial charge is 0.379 e. The monoisotopic (exact) mass is 335 g/mol. The number of ether oxygens (including phenoxy) is 1. The van der Waals surface area contributed by atoms with Crippen molar-refractivity contribution in [1.82, 2.24) is 15.3 Å². The third-order valence-electron chi connectivity index (χ3n) is 4.03. The first kappa shape index (κ1) is 16.3. The summed E-state index contributed by atoms with van der Waals surface area (Å²) < 4.78 is 5.28. The van der Waals surface area contributed by atoms with Crippen molar-refractivity contribution >= 4 is 23.6 Å². The lowest BCUT2D eigenvalue weighted by atomic mass is 10.1. The number of hydrazine groups is 1. The Morgan fingerprint density at radius 2 is 1.91 bits per heavy atom. The van der Waals surface area contributed by atoms with E-state index in [1.54, 1.807) is 16.7 Å². The van der Waals surface area contributed by atoms with Crippen LogP contribution in [-0.2, 0) is 14.3 Å². The van der Waals surface area contributed by atoms with Gasteiger partial charge in [0, 0.05) is 25.8 Å². The highest BCUT2D eigenvalue weighted by Crippen LogP contribution is 2.41. The van der Waals surface area contributed by atoms with Crippen LogP contribution < -0.4 is 5.43 Å². The first-order chi connectivity index (χ1) is 11.2. The van der Waals surface area contributed by atoms with E-state index in [1.165, 1.54) is 6.92 Å². The Balaban J connectivity index is 1.71. The molecule has 2 aliphatic heterocycles. The van der Waals surface area contributed by atoms with Gasteiger partial charge in [0.25, 0.3) is 5.91 Å². The van der Waals surface area contributed by atoms with Crippen LogP contribution in [-0.4, -0.2) is 59.8 Å². The number of hydrogen-bond acceptors (Lipinski definition) is 5.